The summed E-state index contributed by atoms with van der Waals surface area (Å²) in [6.07, 6.45) is 8.38. The van der Waals surface area contributed by atoms with E-state index in [4.69, 9.17) is 11.5 Å². The number of rotatable bonds is 0. The first-order chi connectivity index (χ1) is 6.75. The van der Waals surface area contributed by atoms with Gasteiger partial charge in [-0.25, -0.2) is 0 Å². The zero-order chi connectivity index (χ0) is 9.71. The molecule has 14 heavy (non-hydrogen) atoms. The molecule has 5 aliphatic heterocycles. The molecule has 6 aliphatic rings. The van der Waals surface area contributed by atoms with Gasteiger partial charge in [0.1, 0.15) is 11.7 Å². The van der Waals surface area contributed by atoms with Gasteiger partial charge in [-0.2, -0.15) is 0 Å². The van der Waals surface area contributed by atoms with Gasteiger partial charge in [-0.15, -0.1) is 0 Å². The summed E-state index contributed by atoms with van der Waals surface area (Å²) in [6.45, 7) is 0. The molecule has 5 heterocycles. The van der Waals surface area contributed by atoms with E-state index in [1.54, 1.807) is 0 Å². The Morgan fingerprint density at radius 2 is 1.21 bits per heavy atom. The minimum Gasteiger partial charge on any atom is -0.387 e. The molecule has 0 fully saturated rings. The SMILES string of the molecule is NC1=N[C@@H]2C=C[C@H]1[C@H]1C=C[C@@H]2C(N)=N1. The maximum atomic E-state index is 5.88. The highest BCUT2D eigenvalue weighted by Crippen LogP contribution is 2.29. The molecule has 0 aromatic carbocycles. The van der Waals surface area contributed by atoms with Crippen molar-refractivity contribution in [1.82, 2.24) is 0 Å². The first-order valence-electron chi connectivity index (χ1n) is 4.78. The summed E-state index contributed by atoms with van der Waals surface area (Å²) in [4.78, 5) is 8.87. The lowest BCUT2D eigenvalue weighted by molar-refractivity contribution is 0.590. The predicted molar refractivity (Wildman–Crippen MR) is 56.1 cm³/mol. The van der Waals surface area contributed by atoms with Crippen molar-refractivity contribution in [1.29, 1.82) is 0 Å². The Hall–Kier alpha value is -1.58. The quantitative estimate of drug-likeness (QED) is 0.517. The Labute approximate surface area is 82.1 Å². The lowest BCUT2D eigenvalue weighted by Gasteiger charge is -2.34. The molecule has 0 aromatic rings. The highest BCUT2D eigenvalue weighted by atomic mass is 15.0. The molecule has 4 atom stereocenters. The Balaban J connectivity index is 2.14. The normalized spacial score (nSPS) is 43.1. The zero-order valence-electron chi connectivity index (χ0n) is 7.67. The van der Waals surface area contributed by atoms with Crippen molar-refractivity contribution < 1.29 is 0 Å². The van der Waals surface area contributed by atoms with Gasteiger partial charge < -0.3 is 11.5 Å². The number of nitrogens with zero attached hydrogens (tertiary/aromatic N) is 2. The number of dihydropyridines is 2. The van der Waals surface area contributed by atoms with Crippen LogP contribution in [-0.2, 0) is 0 Å². The average Bonchev–Trinajstić information content (AvgIpc) is 2.13. The van der Waals surface area contributed by atoms with E-state index in [1.165, 1.54) is 0 Å². The summed E-state index contributed by atoms with van der Waals surface area (Å²) in [7, 11) is 0. The summed E-state index contributed by atoms with van der Waals surface area (Å²) in [6, 6.07) is 0.0972. The molecule has 4 heteroatoms. The summed E-state index contributed by atoms with van der Waals surface area (Å²) in [5, 5.41) is 0. The van der Waals surface area contributed by atoms with Crippen LogP contribution in [0.2, 0.25) is 0 Å². The molecule has 0 saturated heterocycles. The van der Waals surface area contributed by atoms with E-state index < -0.39 is 0 Å². The van der Waals surface area contributed by atoms with Gasteiger partial charge >= 0.3 is 0 Å². The molecule has 4 N–H and O–H groups in total. The third-order valence-corrected chi connectivity index (χ3v) is 3.05. The van der Waals surface area contributed by atoms with Crippen LogP contribution in [0.1, 0.15) is 0 Å². The summed E-state index contributed by atoms with van der Waals surface area (Å²) in [5.41, 5.74) is 11.8. The van der Waals surface area contributed by atoms with Gasteiger partial charge in [-0.1, -0.05) is 24.3 Å². The van der Waals surface area contributed by atoms with Gasteiger partial charge in [0.05, 0.1) is 23.9 Å². The average molecular weight is 188 g/mol. The predicted octanol–water partition coefficient (Wildman–Crippen LogP) is -0.176. The van der Waals surface area contributed by atoms with Crippen LogP contribution in [0.15, 0.2) is 34.3 Å². The van der Waals surface area contributed by atoms with Crippen molar-refractivity contribution in [2.24, 2.45) is 33.3 Å². The Kier molecular flexibility index (Phi) is 1.37. The van der Waals surface area contributed by atoms with E-state index in [0.29, 0.717) is 11.7 Å². The van der Waals surface area contributed by atoms with E-state index >= 15 is 0 Å². The molecule has 72 valence electrons. The lowest BCUT2D eigenvalue weighted by atomic mass is 9.83. The fraction of sp³-hybridized carbons (Fsp3) is 0.400. The molecular formula is C10H12N4. The third kappa shape index (κ3) is 0.880. The van der Waals surface area contributed by atoms with E-state index in [1.807, 2.05) is 0 Å². The highest BCUT2D eigenvalue weighted by molar-refractivity contribution is 5.93. The minimum atomic E-state index is 0.0486. The second-order valence-electron chi connectivity index (χ2n) is 3.91. The molecule has 4 nitrogen and oxygen atoms in total. The van der Waals surface area contributed by atoms with E-state index in [2.05, 4.69) is 34.3 Å². The Bertz CT molecular complexity index is 353. The van der Waals surface area contributed by atoms with Crippen LogP contribution in [0.3, 0.4) is 0 Å². The molecule has 0 saturated carbocycles. The van der Waals surface area contributed by atoms with Gasteiger partial charge in [0.15, 0.2) is 0 Å². The van der Waals surface area contributed by atoms with Gasteiger partial charge in [0, 0.05) is 0 Å². The standard InChI is InChI=1S/C10H12N4/c11-9-5-1-3-7(13-9)6-2-4-8(5)14-10(6)12/h1-8H,(H2,11,13)(H2,12,14)/t5-,6-,7+,8+/m0/s1. The van der Waals surface area contributed by atoms with Gasteiger partial charge in [0.25, 0.3) is 0 Å². The second-order valence-corrected chi connectivity index (χ2v) is 3.91. The van der Waals surface area contributed by atoms with E-state index in [0.717, 1.165) is 0 Å². The number of aliphatic imine (C=N–C) groups is 2. The topological polar surface area (TPSA) is 76.8 Å². The van der Waals surface area contributed by atoms with E-state index in [9.17, 15) is 0 Å². The van der Waals surface area contributed by atoms with Crippen molar-refractivity contribution in [3.63, 3.8) is 0 Å². The third-order valence-electron chi connectivity index (χ3n) is 3.05. The summed E-state index contributed by atoms with van der Waals surface area (Å²) in [5.74, 6) is 1.57. The van der Waals surface area contributed by atoms with Crippen LogP contribution in [0.5, 0.6) is 0 Å². The maximum absolute atomic E-state index is 5.88. The summed E-state index contributed by atoms with van der Waals surface area (Å²) < 4.78 is 0. The molecule has 0 radical (unpaired) electrons. The smallest absolute Gasteiger partial charge is 0.104 e. The van der Waals surface area contributed by atoms with Crippen LogP contribution in [0.25, 0.3) is 0 Å². The van der Waals surface area contributed by atoms with Crippen molar-refractivity contribution in [3.05, 3.63) is 24.3 Å². The molecule has 0 spiro atoms. The second kappa shape index (κ2) is 2.47. The van der Waals surface area contributed by atoms with Crippen LogP contribution in [-0.4, -0.2) is 23.8 Å². The minimum absolute atomic E-state index is 0.0486. The molecule has 6 rings (SSSR count). The molecular weight excluding hydrogens is 176 g/mol. The van der Waals surface area contributed by atoms with Gasteiger partial charge in [-0.3, -0.25) is 9.98 Å². The molecule has 0 amide bonds. The first kappa shape index (κ1) is 7.79. The lowest BCUT2D eigenvalue weighted by Crippen LogP contribution is -2.45. The molecule has 0 aromatic heterocycles. The largest absolute Gasteiger partial charge is 0.387 e. The fourth-order valence-electron chi connectivity index (χ4n) is 2.24. The monoisotopic (exact) mass is 188 g/mol. The molecule has 0 unspecified atom stereocenters. The Morgan fingerprint density at radius 3 is 1.57 bits per heavy atom. The number of hydrogen-bond acceptors (Lipinski definition) is 4. The fourth-order valence-corrected chi connectivity index (χ4v) is 2.24. The van der Waals surface area contributed by atoms with Gasteiger partial charge in [-0.05, 0) is 0 Å². The van der Waals surface area contributed by atoms with Crippen LogP contribution >= 0.6 is 0 Å². The van der Waals surface area contributed by atoms with Crippen molar-refractivity contribution in [3.8, 4) is 0 Å². The number of amidine groups is 2. The van der Waals surface area contributed by atoms with Crippen molar-refractivity contribution in [2.75, 3.05) is 0 Å². The maximum Gasteiger partial charge on any atom is 0.104 e. The number of nitrogens with two attached hydrogens (primary N) is 2. The Morgan fingerprint density at radius 1 is 0.786 bits per heavy atom. The highest BCUT2D eigenvalue weighted by Gasteiger charge is 2.35. The summed E-state index contributed by atoms with van der Waals surface area (Å²) >= 11 is 0. The molecule has 1 aliphatic carbocycles. The van der Waals surface area contributed by atoms with Crippen molar-refractivity contribution >= 4 is 11.7 Å². The number of hydrogen-bond donors (Lipinski definition) is 2. The van der Waals surface area contributed by atoms with Crippen LogP contribution in [0.4, 0.5) is 0 Å². The first-order valence-corrected chi connectivity index (χ1v) is 4.78. The van der Waals surface area contributed by atoms with Gasteiger partial charge in [0.2, 0.25) is 0 Å². The van der Waals surface area contributed by atoms with Crippen molar-refractivity contribution in [2.45, 2.75) is 12.1 Å². The van der Waals surface area contributed by atoms with Crippen LogP contribution in [0, 0.1) is 11.8 Å². The van der Waals surface area contributed by atoms with E-state index in [-0.39, 0.29) is 23.9 Å². The van der Waals surface area contributed by atoms with Crippen LogP contribution < -0.4 is 11.5 Å². The molecule has 4 bridgehead atoms. The zero-order valence-corrected chi connectivity index (χ0v) is 7.67.